The van der Waals surface area contributed by atoms with Gasteiger partial charge in [0.25, 0.3) is 0 Å². The van der Waals surface area contributed by atoms with Gasteiger partial charge in [0.05, 0.1) is 5.69 Å². The Hall–Kier alpha value is -6.16. The summed E-state index contributed by atoms with van der Waals surface area (Å²) in [6, 6.07) is 65.2. The van der Waals surface area contributed by atoms with Crippen molar-refractivity contribution in [3.63, 3.8) is 0 Å². The van der Waals surface area contributed by atoms with Gasteiger partial charge in [0.2, 0.25) is 0 Å². The lowest BCUT2D eigenvalue weighted by Crippen LogP contribution is -2.50. The van der Waals surface area contributed by atoms with E-state index in [2.05, 4.69) is 195 Å². The van der Waals surface area contributed by atoms with Crippen molar-refractivity contribution in [2.24, 2.45) is 0 Å². The first-order valence-electron chi connectivity index (χ1n) is 17.6. The first kappa shape index (κ1) is 30.9. The van der Waals surface area contributed by atoms with Crippen molar-refractivity contribution in [3.8, 4) is 78.3 Å². The zero-order chi connectivity index (χ0) is 34.4. The largest absolute Gasteiger partial charge is 0.237 e. The summed E-state index contributed by atoms with van der Waals surface area (Å²) in [5, 5.41) is 2.63. The van der Waals surface area contributed by atoms with E-state index >= 15 is 0 Å². The van der Waals surface area contributed by atoms with Crippen molar-refractivity contribution in [1.82, 2.24) is 9.97 Å². The molecule has 0 bridgehead atoms. The van der Waals surface area contributed by atoms with Crippen LogP contribution in [0.2, 0.25) is 13.1 Å². The van der Waals surface area contributed by atoms with Gasteiger partial charge in [0.1, 0.15) is 8.07 Å². The molecular weight excluding hydrogens is 633 g/mol. The van der Waals surface area contributed by atoms with Crippen molar-refractivity contribution < 1.29 is 0 Å². The van der Waals surface area contributed by atoms with Crippen molar-refractivity contribution in [3.05, 3.63) is 182 Å². The Balaban J connectivity index is 1.15. The smallest absolute Gasteiger partial charge is 0.159 e. The van der Waals surface area contributed by atoms with Crippen molar-refractivity contribution in [1.29, 1.82) is 0 Å². The summed E-state index contributed by atoms with van der Waals surface area (Å²) in [4.78, 5) is 10.8. The molecular formula is C48H36N2Si. The molecule has 0 spiro atoms. The van der Waals surface area contributed by atoms with Crippen LogP contribution in [0, 0.1) is 0 Å². The number of hydrogen-bond acceptors (Lipinski definition) is 2. The van der Waals surface area contributed by atoms with Crippen molar-refractivity contribution in [2.45, 2.75) is 13.1 Å². The fourth-order valence-electron chi connectivity index (χ4n) is 7.56. The molecule has 51 heavy (non-hydrogen) atoms. The predicted octanol–water partition coefficient (Wildman–Crippen LogP) is 11.3. The van der Waals surface area contributed by atoms with Crippen LogP contribution >= 0.6 is 0 Å². The second-order valence-electron chi connectivity index (χ2n) is 13.8. The SMILES string of the molecule is C[Si]1(C)c2ccccc2-c2c(-c3cccc(-c4cccc(-c5ccccc5)c4)c3)nc(-c3ccc(-c4cccc(-c5ccccc5)c4)cc3)nc21. The van der Waals surface area contributed by atoms with Crippen LogP contribution in [0.3, 0.4) is 0 Å². The molecule has 1 aromatic heterocycles. The molecule has 0 saturated carbocycles. The molecule has 9 rings (SSSR count). The maximum atomic E-state index is 5.42. The fourth-order valence-corrected chi connectivity index (χ4v) is 10.5. The highest BCUT2D eigenvalue weighted by Gasteiger charge is 2.41. The lowest BCUT2D eigenvalue weighted by atomic mass is 9.95. The van der Waals surface area contributed by atoms with E-state index < -0.39 is 8.07 Å². The van der Waals surface area contributed by atoms with Crippen molar-refractivity contribution in [2.75, 3.05) is 0 Å². The highest BCUT2D eigenvalue weighted by atomic mass is 28.3. The first-order chi connectivity index (χ1) is 25.0. The molecule has 0 saturated heterocycles. The van der Waals surface area contributed by atoms with Crippen LogP contribution in [0.1, 0.15) is 0 Å². The molecule has 242 valence electrons. The minimum atomic E-state index is -2.09. The molecule has 1 aliphatic heterocycles. The molecule has 2 nitrogen and oxygen atoms in total. The quantitative estimate of drug-likeness (QED) is 0.165. The predicted molar refractivity (Wildman–Crippen MR) is 217 cm³/mol. The van der Waals surface area contributed by atoms with E-state index in [1.165, 1.54) is 66.1 Å². The van der Waals surface area contributed by atoms with Crippen LogP contribution in [0.5, 0.6) is 0 Å². The fraction of sp³-hybridized carbons (Fsp3) is 0.0417. The Morgan fingerprint density at radius 3 is 1.33 bits per heavy atom. The van der Waals surface area contributed by atoms with E-state index in [0.29, 0.717) is 0 Å². The van der Waals surface area contributed by atoms with Gasteiger partial charge in [-0.15, -0.1) is 0 Å². The zero-order valence-corrected chi connectivity index (χ0v) is 29.7. The lowest BCUT2D eigenvalue weighted by Gasteiger charge is -2.19. The third-order valence-electron chi connectivity index (χ3n) is 10.3. The summed E-state index contributed by atoms with van der Waals surface area (Å²) in [6.07, 6.45) is 0. The summed E-state index contributed by atoms with van der Waals surface area (Å²) in [6.45, 7) is 4.85. The van der Waals surface area contributed by atoms with Gasteiger partial charge >= 0.3 is 0 Å². The minimum absolute atomic E-state index is 0.776. The number of fused-ring (bicyclic) bond motifs is 3. The molecule has 0 fully saturated rings. The van der Waals surface area contributed by atoms with Crippen molar-refractivity contribution >= 4 is 18.6 Å². The number of rotatable bonds is 6. The average Bonchev–Trinajstić information content (AvgIpc) is 3.44. The Kier molecular flexibility index (Phi) is 7.64. The average molecular weight is 669 g/mol. The van der Waals surface area contributed by atoms with E-state index in [-0.39, 0.29) is 0 Å². The molecule has 0 radical (unpaired) electrons. The normalized spacial score (nSPS) is 12.7. The lowest BCUT2D eigenvalue weighted by molar-refractivity contribution is 1.21. The topological polar surface area (TPSA) is 25.8 Å². The maximum Gasteiger partial charge on any atom is 0.159 e. The van der Waals surface area contributed by atoms with E-state index in [0.717, 1.165) is 22.6 Å². The number of aromatic nitrogens is 2. The number of nitrogens with zero attached hydrogens (tertiary/aromatic N) is 2. The molecule has 0 aliphatic carbocycles. The monoisotopic (exact) mass is 668 g/mol. The van der Waals surface area contributed by atoms with Crippen LogP contribution in [0.25, 0.3) is 78.3 Å². The number of benzene rings is 7. The van der Waals surface area contributed by atoms with Crippen LogP contribution in [-0.4, -0.2) is 18.0 Å². The van der Waals surface area contributed by atoms with Gasteiger partial charge in [-0.05, 0) is 73.5 Å². The molecule has 7 aromatic carbocycles. The molecule has 8 aromatic rings. The maximum absolute atomic E-state index is 5.42. The van der Waals surface area contributed by atoms with Gasteiger partial charge in [-0.1, -0.05) is 177 Å². The van der Waals surface area contributed by atoms with E-state index in [4.69, 9.17) is 9.97 Å². The first-order valence-corrected chi connectivity index (χ1v) is 20.6. The molecule has 2 heterocycles. The molecule has 0 amide bonds. The highest BCUT2D eigenvalue weighted by molar-refractivity contribution is 7.03. The van der Waals surface area contributed by atoms with E-state index in [9.17, 15) is 0 Å². The summed E-state index contributed by atoms with van der Waals surface area (Å²) in [7, 11) is -2.09. The molecule has 0 atom stereocenters. The van der Waals surface area contributed by atoms with Crippen LogP contribution in [-0.2, 0) is 0 Å². The Morgan fingerprint density at radius 2 is 0.765 bits per heavy atom. The zero-order valence-electron chi connectivity index (χ0n) is 28.7. The van der Waals surface area contributed by atoms with E-state index in [1.807, 2.05) is 0 Å². The van der Waals surface area contributed by atoms with Crippen LogP contribution < -0.4 is 10.5 Å². The standard InChI is InChI=1S/C48H36N2Si/c1-51(2)44-25-10-9-24-43(44)45-46(42-23-13-22-41(32-42)40-21-12-19-38(31-40)34-16-7-4-8-17-34)49-47(50-48(45)51)36-28-26-35(27-29-36)39-20-11-18-37(30-39)33-14-5-3-6-15-33/h3-32H,1-2H3. The molecule has 0 N–H and O–H groups in total. The Morgan fingerprint density at radius 1 is 0.353 bits per heavy atom. The molecule has 3 heteroatoms. The summed E-state index contributed by atoms with van der Waals surface area (Å²) < 4.78 is 0. The van der Waals surface area contributed by atoms with Crippen LogP contribution in [0.4, 0.5) is 0 Å². The minimum Gasteiger partial charge on any atom is -0.237 e. The second-order valence-corrected chi connectivity index (χ2v) is 18.1. The highest BCUT2D eigenvalue weighted by Crippen LogP contribution is 2.38. The Labute approximate surface area is 300 Å². The second kappa shape index (κ2) is 12.6. The summed E-state index contributed by atoms with van der Waals surface area (Å²) >= 11 is 0. The van der Waals surface area contributed by atoms with Gasteiger partial charge in [-0.2, -0.15) is 0 Å². The van der Waals surface area contributed by atoms with Gasteiger partial charge < -0.3 is 0 Å². The van der Waals surface area contributed by atoms with E-state index in [1.54, 1.807) is 0 Å². The summed E-state index contributed by atoms with van der Waals surface area (Å²) in [5.74, 6) is 0.776. The van der Waals surface area contributed by atoms with Gasteiger partial charge in [-0.3, -0.25) is 0 Å². The number of hydrogen-bond donors (Lipinski definition) is 0. The molecule has 1 aliphatic rings. The summed E-state index contributed by atoms with van der Waals surface area (Å²) in [5.41, 5.74) is 15.2. The van der Waals surface area contributed by atoms with Crippen LogP contribution in [0.15, 0.2) is 182 Å². The molecule has 0 unspecified atom stereocenters. The van der Waals surface area contributed by atoms with Gasteiger partial charge in [0.15, 0.2) is 5.82 Å². The third-order valence-corrected chi connectivity index (χ3v) is 13.6. The third kappa shape index (κ3) is 5.62. The Bertz CT molecular complexity index is 2540. The van der Waals surface area contributed by atoms with Gasteiger partial charge in [-0.25, -0.2) is 9.97 Å². The van der Waals surface area contributed by atoms with Gasteiger partial charge in [0, 0.05) is 22.0 Å².